The number of rotatable bonds is 7. The zero-order chi connectivity index (χ0) is 17.8. The molecule has 132 valence electrons. The largest absolute Gasteiger partial charge is 0.325 e. The van der Waals surface area contributed by atoms with Crippen LogP contribution < -0.4 is 5.32 Å². The minimum absolute atomic E-state index is 0.0264. The Kier molecular flexibility index (Phi) is 4.92. The summed E-state index contributed by atoms with van der Waals surface area (Å²) < 4.78 is 1.88. The minimum Gasteiger partial charge on any atom is -0.325 e. The number of amides is 1. The summed E-state index contributed by atoms with van der Waals surface area (Å²) in [6, 6.07) is 13.8. The van der Waals surface area contributed by atoms with Gasteiger partial charge < -0.3 is 5.32 Å². The molecule has 0 spiro atoms. The fourth-order valence-corrected chi connectivity index (χ4v) is 3.32. The van der Waals surface area contributed by atoms with E-state index in [1.165, 1.54) is 0 Å². The van der Waals surface area contributed by atoms with Crippen LogP contribution in [0.4, 0.5) is 5.69 Å². The molecule has 4 rings (SSSR count). The lowest BCUT2D eigenvalue weighted by Crippen LogP contribution is -2.14. The maximum Gasteiger partial charge on any atom is 0.234 e. The third-order valence-electron chi connectivity index (χ3n) is 4.02. The zero-order valence-corrected chi connectivity index (χ0v) is 14.9. The number of pyridine rings is 1. The second-order valence-corrected chi connectivity index (χ2v) is 7.10. The summed E-state index contributed by atoms with van der Waals surface area (Å²) in [5, 5.41) is 14.9. The molecule has 3 aromatic rings. The molecule has 0 bridgehead atoms. The van der Waals surface area contributed by atoms with Gasteiger partial charge in [0.1, 0.15) is 0 Å². The number of aromatic nitrogens is 5. The van der Waals surface area contributed by atoms with Gasteiger partial charge in [0.15, 0.2) is 5.82 Å². The van der Waals surface area contributed by atoms with Gasteiger partial charge in [-0.2, -0.15) is 0 Å². The van der Waals surface area contributed by atoms with Crippen molar-refractivity contribution >= 4 is 23.4 Å². The van der Waals surface area contributed by atoms with Gasteiger partial charge in [0.05, 0.1) is 17.5 Å². The van der Waals surface area contributed by atoms with Gasteiger partial charge in [-0.05, 0) is 59.7 Å². The SMILES string of the molecule is O=C(CSCc1ccccn1)Nc1ccc(-c2nnnn2C2CC2)cc1. The molecule has 0 atom stereocenters. The molecule has 1 aliphatic carbocycles. The fraction of sp³-hybridized carbons (Fsp3) is 0.278. The molecule has 1 fully saturated rings. The fourth-order valence-electron chi connectivity index (χ4n) is 2.58. The van der Waals surface area contributed by atoms with Crippen LogP contribution in [-0.4, -0.2) is 36.9 Å². The van der Waals surface area contributed by atoms with E-state index in [4.69, 9.17) is 0 Å². The van der Waals surface area contributed by atoms with Gasteiger partial charge in [-0.15, -0.1) is 16.9 Å². The van der Waals surface area contributed by atoms with E-state index in [1.54, 1.807) is 18.0 Å². The van der Waals surface area contributed by atoms with Crippen LogP contribution in [0.3, 0.4) is 0 Å². The highest BCUT2D eigenvalue weighted by Gasteiger charge is 2.28. The summed E-state index contributed by atoms with van der Waals surface area (Å²) in [5.74, 6) is 1.85. The number of nitrogens with one attached hydrogen (secondary N) is 1. The van der Waals surface area contributed by atoms with Gasteiger partial charge in [0, 0.05) is 23.2 Å². The molecule has 0 aliphatic heterocycles. The molecule has 0 radical (unpaired) electrons. The molecule has 26 heavy (non-hydrogen) atoms. The second-order valence-electron chi connectivity index (χ2n) is 6.12. The van der Waals surface area contributed by atoms with Gasteiger partial charge in [0.2, 0.25) is 5.91 Å². The first-order chi connectivity index (χ1) is 12.8. The maximum atomic E-state index is 12.1. The Balaban J connectivity index is 1.31. The van der Waals surface area contributed by atoms with Gasteiger partial charge in [-0.3, -0.25) is 9.78 Å². The average Bonchev–Trinajstić information content (AvgIpc) is 3.40. The lowest BCUT2D eigenvalue weighted by Gasteiger charge is -2.07. The van der Waals surface area contributed by atoms with E-state index in [2.05, 4.69) is 25.8 Å². The van der Waals surface area contributed by atoms with E-state index in [-0.39, 0.29) is 5.91 Å². The van der Waals surface area contributed by atoms with E-state index in [0.29, 0.717) is 11.8 Å². The molecule has 1 amide bonds. The number of thioether (sulfide) groups is 1. The summed E-state index contributed by atoms with van der Waals surface area (Å²) in [4.78, 5) is 16.3. The van der Waals surface area contributed by atoms with Crippen LogP contribution in [0.5, 0.6) is 0 Å². The summed E-state index contributed by atoms with van der Waals surface area (Å²) in [7, 11) is 0. The summed E-state index contributed by atoms with van der Waals surface area (Å²) in [6.07, 6.45) is 4.02. The first kappa shape index (κ1) is 16.7. The molecule has 1 N–H and O–H groups in total. The normalized spacial score (nSPS) is 13.5. The van der Waals surface area contributed by atoms with E-state index >= 15 is 0 Å². The topological polar surface area (TPSA) is 85.6 Å². The maximum absolute atomic E-state index is 12.1. The van der Waals surface area contributed by atoms with Crippen LogP contribution in [0, 0.1) is 0 Å². The highest BCUT2D eigenvalue weighted by Crippen LogP contribution is 2.36. The number of hydrogen-bond acceptors (Lipinski definition) is 6. The van der Waals surface area contributed by atoms with Crippen molar-refractivity contribution in [3.63, 3.8) is 0 Å². The van der Waals surface area contributed by atoms with E-state index in [1.807, 2.05) is 47.1 Å². The summed E-state index contributed by atoms with van der Waals surface area (Å²) in [6.45, 7) is 0. The van der Waals surface area contributed by atoms with Crippen molar-refractivity contribution in [1.29, 1.82) is 0 Å². The van der Waals surface area contributed by atoms with Gasteiger partial charge in [-0.25, -0.2) is 4.68 Å². The van der Waals surface area contributed by atoms with Crippen molar-refractivity contribution in [3.8, 4) is 11.4 Å². The number of nitrogens with zero attached hydrogens (tertiary/aromatic N) is 5. The van der Waals surface area contributed by atoms with E-state index in [0.717, 1.165) is 41.4 Å². The monoisotopic (exact) mass is 366 g/mol. The molecule has 1 aliphatic rings. The molecule has 1 aromatic carbocycles. The van der Waals surface area contributed by atoms with Crippen LogP contribution in [0.15, 0.2) is 48.7 Å². The first-order valence-corrected chi connectivity index (χ1v) is 9.61. The Hall–Kier alpha value is -2.74. The molecule has 2 heterocycles. The quantitative estimate of drug-likeness (QED) is 0.692. The molecule has 2 aromatic heterocycles. The van der Waals surface area contributed by atoms with Crippen molar-refractivity contribution in [2.45, 2.75) is 24.6 Å². The number of carbonyl (C=O) groups is 1. The number of anilines is 1. The number of tetrazole rings is 1. The minimum atomic E-state index is -0.0264. The van der Waals surface area contributed by atoms with Crippen LogP contribution >= 0.6 is 11.8 Å². The number of hydrogen-bond donors (Lipinski definition) is 1. The van der Waals surface area contributed by atoms with Crippen molar-refractivity contribution in [3.05, 3.63) is 54.4 Å². The number of carbonyl (C=O) groups excluding carboxylic acids is 1. The van der Waals surface area contributed by atoms with Crippen molar-refractivity contribution < 1.29 is 4.79 Å². The molecular weight excluding hydrogens is 348 g/mol. The van der Waals surface area contributed by atoms with E-state index < -0.39 is 0 Å². The second kappa shape index (κ2) is 7.65. The molecule has 8 heteroatoms. The van der Waals surface area contributed by atoms with Crippen molar-refractivity contribution in [2.24, 2.45) is 0 Å². The van der Waals surface area contributed by atoms with Gasteiger partial charge >= 0.3 is 0 Å². The lowest BCUT2D eigenvalue weighted by molar-refractivity contribution is -0.113. The molecule has 0 saturated heterocycles. The van der Waals surface area contributed by atoms with Gasteiger partial charge in [0.25, 0.3) is 0 Å². The van der Waals surface area contributed by atoms with E-state index in [9.17, 15) is 4.79 Å². The summed E-state index contributed by atoms with van der Waals surface area (Å²) >= 11 is 1.54. The molecular formula is C18H18N6OS. The highest BCUT2D eigenvalue weighted by atomic mass is 32.2. The van der Waals surface area contributed by atoms with Crippen LogP contribution in [0.1, 0.15) is 24.6 Å². The first-order valence-electron chi connectivity index (χ1n) is 8.45. The third-order valence-corrected chi connectivity index (χ3v) is 4.99. The van der Waals surface area contributed by atoms with Crippen LogP contribution in [-0.2, 0) is 10.5 Å². The van der Waals surface area contributed by atoms with Crippen molar-refractivity contribution in [2.75, 3.05) is 11.1 Å². The van der Waals surface area contributed by atoms with Crippen molar-refractivity contribution in [1.82, 2.24) is 25.2 Å². The molecule has 0 unspecified atom stereocenters. The summed E-state index contributed by atoms with van der Waals surface area (Å²) in [5.41, 5.74) is 2.69. The zero-order valence-electron chi connectivity index (χ0n) is 14.1. The molecule has 1 saturated carbocycles. The lowest BCUT2D eigenvalue weighted by atomic mass is 10.2. The predicted octanol–water partition coefficient (Wildman–Crippen LogP) is 2.94. The Labute approximate surface area is 155 Å². The Morgan fingerprint density at radius 3 is 2.77 bits per heavy atom. The third kappa shape index (κ3) is 4.08. The van der Waals surface area contributed by atoms with Gasteiger partial charge in [-0.1, -0.05) is 6.07 Å². The molecule has 7 nitrogen and oxygen atoms in total. The Morgan fingerprint density at radius 1 is 1.19 bits per heavy atom. The van der Waals surface area contributed by atoms with Crippen LogP contribution in [0.25, 0.3) is 11.4 Å². The predicted molar refractivity (Wildman–Crippen MR) is 101 cm³/mol. The average molecular weight is 366 g/mol. The Morgan fingerprint density at radius 2 is 2.04 bits per heavy atom. The Bertz CT molecular complexity index is 876. The number of benzene rings is 1. The smallest absolute Gasteiger partial charge is 0.234 e. The van der Waals surface area contributed by atoms with Crippen LogP contribution in [0.2, 0.25) is 0 Å². The standard InChI is InChI=1S/C18H18N6OS/c25-17(12-26-11-15-3-1-2-10-19-15)20-14-6-4-13(5-7-14)18-21-22-23-24(18)16-8-9-16/h1-7,10,16H,8-9,11-12H2,(H,20,25). The highest BCUT2D eigenvalue weighted by molar-refractivity contribution is 7.99.